The third kappa shape index (κ3) is 14.8. The van der Waals surface area contributed by atoms with Gasteiger partial charge < -0.3 is 9.47 Å². The summed E-state index contributed by atoms with van der Waals surface area (Å²) in [5.74, 6) is -0.313. The molecule has 1 aromatic rings. The van der Waals surface area contributed by atoms with Crippen molar-refractivity contribution in [1.29, 1.82) is 0 Å². The second kappa shape index (κ2) is 19.6. The molecule has 0 bridgehead atoms. The molecule has 1 aromatic carbocycles. The smallest absolute Gasteiger partial charge is 0.339 e. The van der Waals surface area contributed by atoms with E-state index in [9.17, 15) is 9.59 Å². The van der Waals surface area contributed by atoms with Crippen LogP contribution in [0.4, 0.5) is 0 Å². The van der Waals surface area contributed by atoms with Gasteiger partial charge in [-0.1, -0.05) is 110 Å². The second-order valence-corrected chi connectivity index (χ2v) is 9.60. The van der Waals surface area contributed by atoms with Crippen LogP contribution < -0.4 is 0 Å². The number of ether oxygens (including phenoxy) is 2. The van der Waals surface area contributed by atoms with Gasteiger partial charge in [-0.3, -0.25) is 0 Å². The maximum absolute atomic E-state index is 12.5. The molecule has 0 saturated carbocycles. The minimum atomic E-state index is -0.452. The summed E-state index contributed by atoms with van der Waals surface area (Å²) in [6, 6.07) is 6.76. The lowest BCUT2D eigenvalue weighted by molar-refractivity contribution is 0.0449. The van der Waals surface area contributed by atoms with Crippen molar-refractivity contribution < 1.29 is 19.1 Å². The molecule has 0 fully saturated rings. The summed E-state index contributed by atoms with van der Waals surface area (Å²) in [6.45, 7) is 7.32. The van der Waals surface area contributed by atoms with Gasteiger partial charge in [-0.2, -0.15) is 0 Å². The maximum atomic E-state index is 12.5. The molecule has 1 rings (SSSR count). The molecule has 0 aliphatic heterocycles. The lowest BCUT2D eigenvalue weighted by atomic mass is 10.0. The van der Waals surface area contributed by atoms with Gasteiger partial charge in [-0.05, 0) is 37.3 Å². The fourth-order valence-corrected chi connectivity index (χ4v) is 3.94. The van der Waals surface area contributed by atoms with Gasteiger partial charge in [-0.15, -0.1) is 0 Å². The van der Waals surface area contributed by atoms with Crippen molar-refractivity contribution >= 4 is 11.9 Å². The Hall–Kier alpha value is -1.84. The van der Waals surface area contributed by atoms with Crippen molar-refractivity contribution in [3.63, 3.8) is 0 Å². The monoisotopic (exact) mass is 460 g/mol. The van der Waals surface area contributed by atoms with E-state index in [0.29, 0.717) is 24.7 Å². The highest BCUT2D eigenvalue weighted by Crippen LogP contribution is 2.15. The lowest BCUT2D eigenvalue weighted by Crippen LogP contribution is -2.15. The van der Waals surface area contributed by atoms with Crippen LogP contribution in [0.1, 0.15) is 138 Å². The van der Waals surface area contributed by atoms with Crippen molar-refractivity contribution in [2.24, 2.45) is 5.92 Å². The molecule has 0 aromatic heterocycles. The zero-order valence-electron chi connectivity index (χ0n) is 21.5. The van der Waals surface area contributed by atoms with Crippen LogP contribution in [0.15, 0.2) is 24.3 Å². The Balaban J connectivity index is 2.14. The largest absolute Gasteiger partial charge is 0.462 e. The highest BCUT2D eigenvalue weighted by Gasteiger charge is 2.18. The molecule has 0 aliphatic rings. The van der Waals surface area contributed by atoms with Gasteiger partial charge in [-0.25, -0.2) is 9.59 Å². The summed E-state index contributed by atoms with van der Waals surface area (Å²) >= 11 is 0. The van der Waals surface area contributed by atoms with Gasteiger partial charge in [0.2, 0.25) is 0 Å². The van der Waals surface area contributed by atoms with Crippen LogP contribution in [0.2, 0.25) is 0 Å². The zero-order valence-corrected chi connectivity index (χ0v) is 21.5. The zero-order chi connectivity index (χ0) is 24.2. The molecular weight excluding hydrogens is 412 g/mol. The Kier molecular flexibility index (Phi) is 17.4. The number of unbranched alkanes of at least 4 members (excludes halogenated alkanes) is 12. The third-order valence-electron chi connectivity index (χ3n) is 6.01. The average molecular weight is 461 g/mol. The molecular formula is C29H48O4. The Morgan fingerprint density at radius 2 is 1.03 bits per heavy atom. The van der Waals surface area contributed by atoms with Crippen molar-refractivity contribution in [3.05, 3.63) is 35.4 Å². The van der Waals surface area contributed by atoms with Crippen LogP contribution in [0.3, 0.4) is 0 Å². The normalized spacial score (nSPS) is 11.0. The molecule has 0 atom stereocenters. The number of benzene rings is 1. The van der Waals surface area contributed by atoms with E-state index >= 15 is 0 Å². The molecule has 188 valence electrons. The molecule has 0 radical (unpaired) electrons. The van der Waals surface area contributed by atoms with Crippen molar-refractivity contribution in [1.82, 2.24) is 0 Å². The van der Waals surface area contributed by atoms with Crippen LogP contribution in [-0.2, 0) is 9.47 Å². The van der Waals surface area contributed by atoms with Crippen molar-refractivity contribution in [2.75, 3.05) is 13.2 Å². The van der Waals surface area contributed by atoms with E-state index in [2.05, 4.69) is 20.8 Å². The first kappa shape index (κ1) is 29.2. The number of esters is 2. The number of carbonyl (C=O) groups excluding carboxylic acids is 2. The van der Waals surface area contributed by atoms with Crippen LogP contribution in [0.25, 0.3) is 0 Å². The fourth-order valence-electron chi connectivity index (χ4n) is 3.94. The minimum absolute atomic E-state index is 0.289. The third-order valence-corrected chi connectivity index (χ3v) is 6.01. The lowest BCUT2D eigenvalue weighted by Gasteiger charge is -2.10. The molecule has 0 amide bonds. The van der Waals surface area contributed by atoms with Gasteiger partial charge in [0.25, 0.3) is 0 Å². The summed E-state index contributed by atoms with van der Waals surface area (Å²) in [7, 11) is 0. The van der Waals surface area contributed by atoms with Gasteiger partial charge in [0.1, 0.15) is 0 Å². The summed E-state index contributed by atoms with van der Waals surface area (Å²) in [4.78, 5) is 24.9. The van der Waals surface area contributed by atoms with Gasteiger partial charge >= 0.3 is 11.9 Å². The molecule has 0 heterocycles. The Morgan fingerprint density at radius 1 is 0.636 bits per heavy atom. The quantitative estimate of drug-likeness (QED) is 0.144. The van der Waals surface area contributed by atoms with Crippen LogP contribution in [-0.4, -0.2) is 25.2 Å². The topological polar surface area (TPSA) is 52.6 Å². The summed E-state index contributed by atoms with van der Waals surface area (Å²) < 4.78 is 10.8. The molecule has 0 spiro atoms. The van der Waals surface area contributed by atoms with Crippen molar-refractivity contribution in [2.45, 2.75) is 117 Å². The van der Waals surface area contributed by atoms with Gasteiger partial charge in [0, 0.05) is 0 Å². The summed E-state index contributed by atoms with van der Waals surface area (Å²) in [6.07, 6.45) is 18.5. The Labute approximate surface area is 202 Å². The first-order valence-corrected chi connectivity index (χ1v) is 13.5. The van der Waals surface area contributed by atoms with E-state index in [1.165, 1.54) is 70.6 Å². The average Bonchev–Trinajstić information content (AvgIpc) is 2.81. The predicted octanol–water partition coefficient (Wildman–Crippen LogP) is 8.53. The first-order valence-electron chi connectivity index (χ1n) is 13.5. The van der Waals surface area contributed by atoms with Crippen LogP contribution >= 0.6 is 0 Å². The first-order chi connectivity index (χ1) is 16.1. The minimum Gasteiger partial charge on any atom is -0.462 e. The van der Waals surface area contributed by atoms with Crippen LogP contribution in [0, 0.1) is 5.92 Å². The molecule has 0 saturated heterocycles. The van der Waals surface area contributed by atoms with E-state index in [0.717, 1.165) is 25.7 Å². The van der Waals surface area contributed by atoms with E-state index in [-0.39, 0.29) is 5.56 Å². The van der Waals surface area contributed by atoms with E-state index in [1.807, 2.05) is 0 Å². The predicted molar refractivity (Wildman–Crippen MR) is 137 cm³/mol. The number of hydrogen-bond donors (Lipinski definition) is 0. The number of carbonyl (C=O) groups is 2. The van der Waals surface area contributed by atoms with Gasteiger partial charge in [0.15, 0.2) is 0 Å². The number of hydrogen-bond acceptors (Lipinski definition) is 4. The fraction of sp³-hybridized carbons (Fsp3) is 0.724. The van der Waals surface area contributed by atoms with E-state index in [4.69, 9.17) is 9.47 Å². The SMILES string of the molecule is CCCCCCCCCCCCCCCOC(=O)c1ccccc1C(=O)OCCCC(C)C. The number of rotatable bonds is 20. The molecule has 0 aliphatic carbocycles. The molecule has 4 nitrogen and oxygen atoms in total. The molecule has 0 unspecified atom stereocenters. The highest BCUT2D eigenvalue weighted by atomic mass is 16.5. The standard InChI is InChI=1S/C29H48O4/c1-4-5-6-7-8-9-10-11-12-13-14-15-18-23-32-28(30)26-21-16-17-22-27(26)29(31)33-24-19-20-25(2)3/h16-17,21-22,25H,4-15,18-20,23-24H2,1-3H3. The van der Waals surface area contributed by atoms with E-state index in [1.54, 1.807) is 24.3 Å². The Bertz CT molecular complexity index is 638. The van der Waals surface area contributed by atoms with Gasteiger partial charge in [0.05, 0.1) is 24.3 Å². The van der Waals surface area contributed by atoms with Crippen molar-refractivity contribution in [3.8, 4) is 0 Å². The Morgan fingerprint density at radius 3 is 1.45 bits per heavy atom. The molecule has 0 N–H and O–H groups in total. The maximum Gasteiger partial charge on any atom is 0.339 e. The molecule has 4 heteroatoms. The molecule has 33 heavy (non-hydrogen) atoms. The summed E-state index contributed by atoms with van der Waals surface area (Å²) in [5.41, 5.74) is 0.582. The highest BCUT2D eigenvalue weighted by molar-refractivity contribution is 6.03. The summed E-state index contributed by atoms with van der Waals surface area (Å²) in [5, 5.41) is 0. The second-order valence-electron chi connectivity index (χ2n) is 9.60. The van der Waals surface area contributed by atoms with E-state index < -0.39 is 11.9 Å². The van der Waals surface area contributed by atoms with Crippen LogP contribution in [0.5, 0.6) is 0 Å².